The first-order valence-corrected chi connectivity index (χ1v) is 7.41. The number of pyridine rings is 1. The highest BCUT2D eigenvalue weighted by atomic mass is 35.5. The predicted octanol–water partition coefficient (Wildman–Crippen LogP) is 2.47. The second-order valence-corrected chi connectivity index (χ2v) is 6.16. The van der Waals surface area contributed by atoms with Crippen LogP contribution in [-0.2, 0) is 9.53 Å². The zero-order chi connectivity index (χ0) is 14.3. The smallest absolute Gasteiger partial charge is 0.310 e. The number of ether oxygens (including phenoxy) is 1. The van der Waals surface area contributed by atoms with Crippen molar-refractivity contribution in [2.75, 3.05) is 14.2 Å². The highest BCUT2D eigenvalue weighted by molar-refractivity contribution is 6.29. The minimum absolute atomic E-state index is 0.105. The molecule has 4 unspecified atom stereocenters. The molecule has 108 valence electrons. The highest BCUT2D eigenvalue weighted by Gasteiger charge is 2.49. The number of esters is 1. The van der Waals surface area contributed by atoms with Crippen molar-refractivity contribution in [1.29, 1.82) is 0 Å². The Morgan fingerprint density at radius 3 is 2.90 bits per heavy atom. The maximum absolute atomic E-state index is 12.3. The molecule has 2 aliphatic rings. The van der Waals surface area contributed by atoms with Gasteiger partial charge in [0.2, 0.25) is 0 Å². The van der Waals surface area contributed by atoms with Crippen molar-refractivity contribution in [3.8, 4) is 0 Å². The van der Waals surface area contributed by atoms with E-state index >= 15 is 0 Å². The number of nitrogens with zero attached hydrogens (tertiary/aromatic N) is 2. The van der Waals surface area contributed by atoms with E-state index in [0.717, 1.165) is 24.8 Å². The largest absolute Gasteiger partial charge is 0.469 e. The number of fused-ring (bicyclic) bond motifs is 2. The molecule has 20 heavy (non-hydrogen) atoms. The SMILES string of the molecule is COC(=O)C1C(c2ccc(Cl)nc2)CC2CCC1N2C. The average molecular weight is 295 g/mol. The summed E-state index contributed by atoms with van der Waals surface area (Å²) in [7, 11) is 3.59. The second kappa shape index (κ2) is 5.34. The minimum Gasteiger partial charge on any atom is -0.469 e. The zero-order valence-corrected chi connectivity index (χ0v) is 12.5. The molecule has 2 aliphatic heterocycles. The van der Waals surface area contributed by atoms with Gasteiger partial charge in [0.15, 0.2) is 0 Å². The van der Waals surface area contributed by atoms with Gasteiger partial charge in [-0.2, -0.15) is 0 Å². The summed E-state index contributed by atoms with van der Waals surface area (Å²) in [4.78, 5) is 18.8. The fourth-order valence-corrected chi connectivity index (χ4v) is 3.99. The number of hydrogen-bond acceptors (Lipinski definition) is 4. The van der Waals surface area contributed by atoms with Crippen LogP contribution in [0.4, 0.5) is 0 Å². The van der Waals surface area contributed by atoms with Gasteiger partial charge in [0, 0.05) is 24.2 Å². The summed E-state index contributed by atoms with van der Waals surface area (Å²) in [6.45, 7) is 0. The molecule has 1 aromatic heterocycles. The van der Waals surface area contributed by atoms with Crippen LogP contribution >= 0.6 is 11.6 Å². The summed E-state index contributed by atoms with van der Waals surface area (Å²) in [5.74, 6) is -0.0326. The van der Waals surface area contributed by atoms with Gasteiger partial charge in [-0.05, 0) is 37.9 Å². The number of carbonyl (C=O) groups excluding carboxylic acids is 1. The fraction of sp³-hybridized carbons (Fsp3) is 0.600. The normalized spacial score (nSPS) is 33.1. The Balaban J connectivity index is 1.95. The number of halogens is 1. The molecule has 0 saturated carbocycles. The molecule has 0 spiro atoms. The Kier molecular flexibility index (Phi) is 3.69. The molecule has 4 atom stereocenters. The van der Waals surface area contributed by atoms with E-state index in [-0.39, 0.29) is 23.8 Å². The zero-order valence-electron chi connectivity index (χ0n) is 11.8. The molecular weight excluding hydrogens is 276 g/mol. The van der Waals surface area contributed by atoms with Gasteiger partial charge in [0.1, 0.15) is 5.15 Å². The molecule has 2 bridgehead atoms. The van der Waals surface area contributed by atoms with Crippen molar-refractivity contribution in [1.82, 2.24) is 9.88 Å². The third kappa shape index (κ3) is 2.21. The van der Waals surface area contributed by atoms with Gasteiger partial charge in [-0.15, -0.1) is 0 Å². The Hall–Kier alpha value is -1.13. The lowest BCUT2D eigenvalue weighted by Crippen LogP contribution is -2.49. The average Bonchev–Trinajstić information content (AvgIpc) is 2.70. The van der Waals surface area contributed by atoms with Gasteiger partial charge in [-0.3, -0.25) is 9.69 Å². The van der Waals surface area contributed by atoms with E-state index in [1.807, 2.05) is 6.07 Å². The van der Waals surface area contributed by atoms with Gasteiger partial charge in [0.25, 0.3) is 0 Å². The molecule has 3 heterocycles. The second-order valence-electron chi connectivity index (χ2n) is 5.77. The topological polar surface area (TPSA) is 42.4 Å². The summed E-state index contributed by atoms with van der Waals surface area (Å²) in [5.41, 5.74) is 1.09. The number of carbonyl (C=O) groups is 1. The molecule has 0 aliphatic carbocycles. The molecule has 1 aromatic rings. The quantitative estimate of drug-likeness (QED) is 0.621. The molecule has 2 fully saturated rings. The molecule has 0 aromatic carbocycles. The summed E-state index contributed by atoms with van der Waals surface area (Å²) in [6.07, 6.45) is 5.01. The first-order valence-electron chi connectivity index (χ1n) is 7.03. The third-order valence-corrected chi connectivity index (χ3v) is 5.14. The van der Waals surface area contributed by atoms with Gasteiger partial charge >= 0.3 is 5.97 Å². The maximum atomic E-state index is 12.3. The van der Waals surface area contributed by atoms with Gasteiger partial charge in [0.05, 0.1) is 13.0 Å². The minimum atomic E-state index is -0.109. The molecule has 0 radical (unpaired) electrons. The van der Waals surface area contributed by atoms with Crippen molar-refractivity contribution in [3.05, 3.63) is 29.0 Å². The van der Waals surface area contributed by atoms with Crippen LogP contribution in [0, 0.1) is 5.92 Å². The first-order chi connectivity index (χ1) is 9.61. The van der Waals surface area contributed by atoms with Crippen molar-refractivity contribution in [2.24, 2.45) is 5.92 Å². The summed E-state index contributed by atoms with van der Waals surface area (Å²) < 4.78 is 5.05. The van der Waals surface area contributed by atoms with E-state index in [4.69, 9.17) is 16.3 Å². The maximum Gasteiger partial charge on any atom is 0.310 e. The summed E-state index contributed by atoms with van der Waals surface area (Å²) in [5, 5.41) is 0.485. The predicted molar refractivity (Wildman–Crippen MR) is 76.7 cm³/mol. The van der Waals surface area contributed by atoms with Crippen molar-refractivity contribution < 1.29 is 9.53 Å². The number of rotatable bonds is 2. The van der Waals surface area contributed by atoms with Crippen LogP contribution in [0.3, 0.4) is 0 Å². The Labute approximate surface area is 124 Å². The van der Waals surface area contributed by atoms with E-state index in [2.05, 4.69) is 16.9 Å². The van der Waals surface area contributed by atoms with E-state index in [0.29, 0.717) is 11.2 Å². The number of piperidine rings is 1. The fourth-order valence-electron chi connectivity index (χ4n) is 3.87. The molecular formula is C15H19ClN2O2. The molecule has 0 N–H and O–H groups in total. The van der Waals surface area contributed by atoms with E-state index in [1.54, 1.807) is 12.3 Å². The van der Waals surface area contributed by atoms with Crippen LogP contribution in [0.5, 0.6) is 0 Å². The van der Waals surface area contributed by atoms with Crippen LogP contribution in [-0.4, -0.2) is 42.1 Å². The number of methoxy groups -OCH3 is 1. The van der Waals surface area contributed by atoms with Crippen molar-refractivity contribution in [2.45, 2.75) is 37.3 Å². The highest BCUT2D eigenvalue weighted by Crippen LogP contribution is 2.46. The number of hydrogen-bond donors (Lipinski definition) is 0. The number of aromatic nitrogens is 1. The van der Waals surface area contributed by atoms with Crippen molar-refractivity contribution >= 4 is 17.6 Å². The molecule has 5 heteroatoms. The molecule has 0 amide bonds. The first kappa shape index (κ1) is 13.8. The monoisotopic (exact) mass is 294 g/mol. The van der Waals surface area contributed by atoms with Crippen LogP contribution in [0.2, 0.25) is 5.15 Å². The van der Waals surface area contributed by atoms with Gasteiger partial charge < -0.3 is 4.74 Å². The molecule has 2 saturated heterocycles. The van der Waals surface area contributed by atoms with Gasteiger partial charge in [-0.25, -0.2) is 4.98 Å². The lowest BCUT2D eigenvalue weighted by molar-refractivity contribution is -0.150. The van der Waals surface area contributed by atoms with Crippen LogP contribution in [0.15, 0.2) is 18.3 Å². The van der Waals surface area contributed by atoms with Gasteiger partial charge in [-0.1, -0.05) is 17.7 Å². The van der Waals surface area contributed by atoms with Crippen LogP contribution < -0.4 is 0 Å². The lowest BCUT2D eigenvalue weighted by atomic mass is 9.76. The Bertz CT molecular complexity index is 505. The molecule has 3 rings (SSSR count). The third-order valence-electron chi connectivity index (χ3n) is 4.92. The standard InChI is InChI=1S/C15H19ClN2O2/c1-18-10-4-5-12(18)14(15(19)20-2)11(7-10)9-3-6-13(16)17-8-9/h3,6,8,10-12,14H,4-5,7H2,1-2H3. The summed E-state index contributed by atoms with van der Waals surface area (Å²) in [6, 6.07) is 4.62. The van der Waals surface area contributed by atoms with E-state index in [1.165, 1.54) is 7.11 Å². The Morgan fingerprint density at radius 1 is 1.45 bits per heavy atom. The van der Waals surface area contributed by atoms with Crippen LogP contribution in [0.1, 0.15) is 30.7 Å². The lowest BCUT2D eigenvalue weighted by Gasteiger charge is -2.41. The Morgan fingerprint density at radius 2 is 2.25 bits per heavy atom. The van der Waals surface area contributed by atoms with E-state index < -0.39 is 0 Å². The molecule has 4 nitrogen and oxygen atoms in total. The van der Waals surface area contributed by atoms with Crippen LogP contribution in [0.25, 0.3) is 0 Å². The summed E-state index contributed by atoms with van der Waals surface area (Å²) >= 11 is 5.86. The van der Waals surface area contributed by atoms with Crippen molar-refractivity contribution in [3.63, 3.8) is 0 Å². The van der Waals surface area contributed by atoms with E-state index in [9.17, 15) is 4.79 Å².